The number of benzene rings is 2. The van der Waals surface area contributed by atoms with Gasteiger partial charge < -0.3 is 10.5 Å². The van der Waals surface area contributed by atoms with Gasteiger partial charge in [0.25, 0.3) is 0 Å². The smallest absolute Gasteiger partial charge is 0.102 e. The zero-order chi connectivity index (χ0) is 14.4. The van der Waals surface area contributed by atoms with Crippen molar-refractivity contribution in [3.8, 4) is 0 Å². The molecule has 0 saturated carbocycles. The molecule has 0 fully saturated rings. The molecule has 0 bridgehead atoms. The molecule has 0 aliphatic heterocycles. The van der Waals surface area contributed by atoms with E-state index in [1.54, 1.807) is 0 Å². The molecule has 20 heavy (non-hydrogen) atoms. The molecule has 2 N–H and O–H groups in total. The van der Waals surface area contributed by atoms with Gasteiger partial charge in [-0.05, 0) is 17.0 Å². The second kappa shape index (κ2) is 7.22. The second-order valence-corrected chi connectivity index (χ2v) is 5.49. The third-order valence-corrected chi connectivity index (χ3v) is 3.25. The molecule has 2 aromatic carbocycles. The van der Waals surface area contributed by atoms with E-state index in [4.69, 9.17) is 10.5 Å². The van der Waals surface area contributed by atoms with Crippen LogP contribution in [0.1, 0.15) is 37.1 Å². The molecule has 0 radical (unpaired) electrons. The molecular formula is C18H23NO. The van der Waals surface area contributed by atoms with Crippen molar-refractivity contribution in [2.45, 2.75) is 26.0 Å². The van der Waals surface area contributed by atoms with Gasteiger partial charge in [-0.2, -0.15) is 0 Å². The predicted octanol–water partition coefficient (Wildman–Crippen LogP) is 4.10. The first-order valence-electron chi connectivity index (χ1n) is 7.15. The van der Waals surface area contributed by atoms with Gasteiger partial charge in [0.2, 0.25) is 0 Å². The van der Waals surface area contributed by atoms with Crippen molar-refractivity contribution in [2.75, 3.05) is 6.61 Å². The lowest BCUT2D eigenvalue weighted by Gasteiger charge is -2.26. The maximum Gasteiger partial charge on any atom is 0.102 e. The quantitative estimate of drug-likeness (QED) is 0.857. The lowest BCUT2D eigenvalue weighted by molar-refractivity contribution is 0.0180. The lowest BCUT2D eigenvalue weighted by atomic mass is 9.96. The van der Waals surface area contributed by atoms with Crippen LogP contribution in [0.25, 0.3) is 0 Å². The number of hydrogen-bond acceptors (Lipinski definition) is 2. The van der Waals surface area contributed by atoms with E-state index in [0.29, 0.717) is 12.5 Å². The zero-order valence-corrected chi connectivity index (χ0v) is 12.2. The van der Waals surface area contributed by atoms with E-state index in [2.05, 4.69) is 38.1 Å². The monoisotopic (exact) mass is 269 g/mol. The standard InChI is InChI=1S/C18H23NO/c1-14(2)13-20-18(16-11-7-4-8-12-16)17(19)15-9-5-3-6-10-15/h3-12,14,17-18H,13,19H2,1-2H3. The van der Waals surface area contributed by atoms with Crippen LogP contribution in [-0.2, 0) is 4.74 Å². The minimum absolute atomic E-state index is 0.110. The summed E-state index contributed by atoms with van der Waals surface area (Å²) in [5, 5.41) is 0. The predicted molar refractivity (Wildman–Crippen MR) is 83.3 cm³/mol. The van der Waals surface area contributed by atoms with Gasteiger partial charge in [-0.1, -0.05) is 74.5 Å². The molecule has 2 aromatic rings. The summed E-state index contributed by atoms with van der Waals surface area (Å²) in [6.45, 7) is 5.01. The Hall–Kier alpha value is -1.64. The van der Waals surface area contributed by atoms with Crippen molar-refractivity contribution in [3.63, 3.8) is 0 Å². The minimum atomic E-state index is -0.155. The van der Waals surface area contributed by atoms with E-state index in [1.165, 1.54) is 0 Å². The van der Waals surface area contributed by atoms with Gasteiger partial charge in [-0.3, -0.25) is 0 Å². The van der Waals surface area contributed by atoms with Gasteiger partial charge in [0.05, 0.1) is 6.04 Å². The zero-order valence-electron chi connectivity index (χ0n) is 12.2. The van der Waals surface area contributed by atoms with Crippen molar-refractivity contribution in [2.24, 2.45) is 11.7 Å². The third-order valence-electron chi connectivity index (χ3n) is 3.25. The largest absolute Gasteiger partial charge is 0.371 e. The van der Waals surface area contributed by atoms with Gasteiger partial charge in [0.1, 0.15) is 6.10 Å². The van der Waals surface area contributed by atoms with Gasteiger partial charge >= 0.3 is 0 Å². The van der Waals surface area contributed by atoms with E-state index in [0.717, 1.165) is 11.1 Å². The summed E-state index contributed by atoms with van der Waals surface area (Å²) in [6.07, 6.45) is -0.110. The number of hydrogen-bond donors (Lipinski definition) is 1. The molecule has 2 atom stereocenters. The van der Waals surface area contributed by atoms with Crippen LogP contribution >= 0.6 is 0 Å². The van der Waals surface area contributed by atoms with Crippen LogP contribution in [0, 0.1) is 5.92 Å². The van der Waals surface area contributed by atoms with Gasteiger partial charge in [-0.25, -0.2) is 0 Å². The molecule has 2 rings (SSSR count). The second-order valence-electron chi connectivity index (χ2n) is 5.49. The van der Waals surface area contributed by atoms with Crippen molar-refractivity contribution in [1.29, 1.82) is 0 Å². The fourth-order valence-electron chi connectivity index (χ4n) is 2.20. The van der Waals surface area contributed by atoms with Crippen LogP contribution in [0.15, 0.2) is 60.7 Å². The number of ether oxygens (including phenoxy) is 1. The Labute approximate surface area is 121 Å². The maximum absolute atomic E-state index is 6.43. The summed E-state index contributed by atoms with van der Waals surface area (Å²) < 4.78 is 6.08. The molecule has 2 heteroatoms. The Bertz CT molecular complexity index is 495. The molecule has 0 saturated heterocycles. The van der Waals surface area contributed by atoms with Gasteiger partial charge in [0.15, 0.2) is 0 Å². The molecule has 0 spiro atoms. The summed E-state index contributed by atoms with van der Waals surface area (Å²) in [6, 6.07) is 20.2. The van der Waals surface area contributed by atoms with Crippen LogP contribution in [0.2, 0.25) is 0 Å². The van der Waals surface area contributed by atoms with E-state index in [1.807, 2.05) is 36.4 Å². The van der Waals surface area contributed by atoms with Crippen molar-refractivity contribution in [3.05, 3.63) is 71.8 Å². The first kappa shape index (κ1) is 14.8. The van der Waals surface area contributed by atoms with Gasteiger partial charge in [0, 0.05) is 6.61 Å². The fourth-order valence-corrected chi connectivity index (χ4v) is 2.20. The normalized spacial score (nSPS) is 14.2. The minimum Gasteiger partial charge on any atom is -0.371 e. The number of rotatable bonds is 6. The summed E-state index contributed by atoms with van der Waals surface area (Å²) >= 11 is 0. The Balaban J connectivity index is 2.22. The first-order valence-corrected chi connectivity index (χ1v) is 7.15. The summed E-state index contributed by atoms with van der Waals surface area (Å²) in [4.78, 5) is 0. The maximum atomic E-state index is 6.43. The van der Waals surface area contributed by atoms with Crippen molar-refractivity contribution in [1.82, 2.24) is 0 Å². The molecular weight excluding hydrogens is 246 g/mol. The van der Waals surface area contributed by atoms with Crippen LogP contribution in [0.5, 0.6) is 0 Å². The first-order chi connectivity index (χ1) is 9.68. The van der Waals surface area contributed by atoms with Crippen LogP contribution in [0.4, 0.5) is 0 Å². The highest BCUT2D eigenvalue weighted by Gasteiger charge is 2.22. The lowest BCUT2D eigenvalue weighted by Crippen LogP contribution is -2.23. The fraction of sp³-hybridized carbons (Fsp3) is 0.333. The molecule has 0 heterocycles. The molecule has 0 aromatic heterocycles. The summed E-state index contributed by atoms with van der Waals surface area (Å²) in [7, 11) is 0. The van der Waals surface area contributed by atoms with Crippen LogP contribution in [-0.4, -0.2) is 6.61 Å². The highest BCUT2D eigenvalue weighted by Crippen LogP contribution is 2.30. The summed E-state index contributed by atoms with van der Waals surface area (Å²) in [5.74, 6) is 0.490. The Morgan fingerprint density at radius 1 is 0.850 bits per heavy atom. The topological polar surface area (TPSA) is 35.2 Å². The van der Waals surface area contributed by atoms with E-state index in [9.17, 15) is 0 Å². The summed E-state index contributed by atoms with van der Waals surface area (Å²) in [5.41, 5.74) is 8.66. The highest BCUT2D eigenvalue weighted by atomic mass is 16.5. The number of nitrogens with two attached hydrogens (primary N) is 1. The molecule has 0 amide bonds. The Morgan fingerprint density at radius 3 is 1.85 bits per heavy atom. The molecule has 0 aliphatic carbocycles. The molecule has 2 unspecified atom stereocenters. The van der Waals surface area contributed by atoms with Crippen molar-refractivity contribution < 1.29 is 4.74 Å². The van der Waals surface area contributed by atoms with Crippen molar-refractivity contribution >= 4 is 0 Å². The average Bonchev–Trinajstić information content (AvgIpc) is 2.49. The van der Waals surface area contributed by atoms with E-state index >= 15 is 0 Å². The average molecular weight is 269 g/mol. The Morgan fingerprint density at radius 2 is 1.35 bits per heavy atom. The van der Waals surface area contributed by atoms with Crippen LogP contribution < -0.4 is 5.73 Å². The SMILES string of the molecule is CC(C)COC(c1ccccc1)C(N)c1ccccc1. The van der Waals surface area contributed by atoms with E-state index < -0.39 is 0 Å². The van der Waals surface area contributed by atoms with E-state index in [-0.39, 0.29) is 12.1 Å². The molecule has 2 nitrogen and oxygen atoms in total. The Kier molecular flexibility index (Phi) is 5.33. The highest BCUT2D eigenvalue weighted by molar-refractivity contribution is 5.26. The molecule has 0 aliphatic rings. The molecule has 106 valence electrons. The van der Waals surface area contributed by atoms with Crippen LogP contribution in [0.3, 0.4) is 0 Å². The third kappa shape index (κ3) is 3.92. The van der Waals surface area contributed by atoms with Gasteiger partial charge in [-0.15, -0.1) is 0 Å².